The Kier molecular flexibility index (Phi) is 4.54. The zero-order valence-corrected chi connectivity index (χ0v) is 15.3. The molecule has 0 spiro atoms. The summed E-state index contributed by atoms with van der Waals surface area (Å²) in [6.07, 6.45) is 9.22. The first-order chi connectivity index (χ1) is 12.7. The van der Waals surface area contributed by atoms with Crippen LogP contribution < -0.4 is 0 Å². The first kappa shape index (κ1) is 17.2. The van der Waals surface area contributed by atoms with Gasteiger partial charge >= 0.3 is 0 Å². The summed E-state index contributed by atoms with van der Waals surface area (Å²) in [7, 11) is 3.52. The van der Waals surface area contributed by atoms with Gasteiger partial charge in [0.25, 0.3) is 5.91 Å². The second-order valence-electron chi connectivity index (χ2n) is 7.18. The minimum Gasteiger partial charge on any atom is -0.381 e. The largest absolute Gasteiger partial charge is 0.381 e. The average molecular weight is 355 g/mol. The van der Waals surface area contributed by atoms with E-state index in [0.717, 1.165) is 37.9 Å². The Morgan fingerprint density at radius 3 is 2.69 bits per heavy atom. The van der Waals surface area contributed by atoms with Gasteiger partial charge in [-0.1, -0.05) is 0 Å². The molecule has 2 fully saturated rings. The topological polar surface area (TPSA) is 56.6 Å². The predicted octanol–water partition coefficient (Wildman–Crippen LogP) is 2.67. The highest BCUT2D eigenvalue weighted by molar-refractivity contribution is 5.95. The van der Waals surface area contributed by atoms with E-state index in [1.807, 2.05) is 39.9 Å². The molecule has 4 rings (SSSR count). The van der Waals surface area contributed by atoms with E-state index in [4.69, 9.17) is 9.47 Å². The van der Waals surface area contributed by atoms with Crippen LogP contribution in [-0.4, -0.2) is 58.9 Å². The summed E-state index contributed by atoms with van der Waals surface area (Å²) in [6, 6.07) is 7.76. The molecule has 1 amide bonds. The lowest BCUT2D eigenvalue weighted by Crippen LogP contribution is -2.53. The van der Waals surface area contributed by atoms with Gasteiger partial charge in [-0.05, 0) is 49.9 Å². The highest BCUT2D eigenvalue weighted by Crippen LogP contribution is 2.43. The molecule has 1 aliphatic carbocycles. The second-order valence-corrected chi connectivity index (χ2v) is 7.18. The number of amides is 1. The van der Waals surface area contributed by atoms with Gasteiger partial charge in [0.05, 0.1) is 24.1 Å². The first-order valence-corrected chi connectivity index (χ1v) is 9.14. The van der Waals surface area contributed by atoms with Crippen LogP contribution in [0.25, 0.3) is 5.69 Å². The molecule has 1 aromatic heterocycles. The molecule has 1 aliphatic heterocycles. The molecular formula is C20H25N3O3. The number of imidazole rings is 1. The Bertz CT molecular complexity index is 759. The molecule has 0 bridgehead atoms. The molecule has 0 N–H and O–H groups in total. The maximum atomic E-state index is 13.2. The lowest BCUT2D eigenvalue weighted by Gasteiger charge is -2.43. The van der Waals surface area contributed by atoms with Gasteiger partial charge in [0.2, 0.25) is 0 Å². The van der Waals surface area contributed by atoms with E-state index in [2.05, 4.69) is 4.98 Å². The van der Waals surface area contributed by atoms with Crippen LogP contribution in [0.5, 0.6) is 0 Å². The molecular weight excluding hydrogens is 330 g/mol. The van der Waals surface area contributed by atoms with Gasteiger partial charge in [0.15, 0.2) is 0 Å². The molecule has 2 heterocycles. The number of aromatic nitrogens is 2. The SMILES string of the molecule is COC1CC[C@@]2(OC)CCN(C(=O)c3ccc(-n4ccnc4)cc3)C2C1. The Morgan fingerprint density at radius 2 is 2.04 bits per heavy atom. The number of rotatable bonds is 4. The number of ether oxygens (including phenoxy) is 2. The number of hydrogen-bond donors (Lipinski definition) is 0. The van der Waals surface area contributed by atoms with E-state index in [-0.39, 0.29) is 23.7 Å². The van der Waals surface area contributed by atoms with Gasteiger partial charge in [0, 0.05) is 44.4 Å². The number of carbonyl (C=O) groups is 1. The van der Waals surface area contributed by atoms with Gasteiger partial charge in [-0.3, -0.25) is 4.79 Å². The number of benzene rings is 1. The number of fused-ring (bicyclic) bond motifs is 1. The van der Waals surface area contributed by atoms with Gasteiger partial charge in [-0.2, -0.15) is 0 Å². The number of likely N-dealkylation sites (tertiary alicyclic amines) is 1. The minimum absolute atomic E-state index is 0.0721. The quantitative estimate of drug-likeness (QED) is 0.846. The summed E-state index contributed by atoms with van der Waals surface area (Å²) in [5, 5.41) is 0. The van der Waals surface area contributed by atoms with E-state index in [9.17, 15) is 4.79 Å². The summed E-state index contributed by atoms with van der Waals surface area (Å²) in [5.41, 5.74) is 1.48. The fourth-order valence-electron chi connectivity index (χ4n) is 4.47. The zero-order valence-electron chi connectivity index (χ0n) is 15.3. The maximum absolute atomic E-state index is 13.2. The lowest BCUT2D eigenvalue weighted by molar-refractivity contribution is -0.0893. The van der Waals surface area contributed by atoms with Crippen LogP contribution in [0.3, 0.4) is 0 Å². The fraction of sp³-hybridized carbons (Fsp3) is 0.500. The van der Waals surface area contributed by atoms with Crippen LogP contribution in [0.2, 0.25) is 0 Å². The highest BCUT2D eigenvalue weighted by atomic mass is 16.5. The van der Waals surface area contributed by atoms with E-state index in [1.54, 1.807) is 26.7 Å². The smallest absolute Gasteiger partial charge is 0.254 e. The van der Waals surface area contributed by atoms with Crippen molar-refractivity contribution in [2.45, 2.75) is 43.4 Å². The molecule has 6 heteroatoms. The number of carbonyl (C=O) groups excluding carboxylic acids is 1. The van der Waals surface area contributed by atoms with Gasteiger partial charge in [0.1, 0.15) is 0 Å². The first-order valence-electron chi connectivity index (χ1n) is 9.14. The third-order valence-corrected chi connectivity index (χ3v) is 6.05. The molecule has 0 radical (unpaired) electrons. The Morgan fingerprint density at radius 1 is 1.23 bits per heavy atom. The standard InChI is InChI=1S/C20H25N3O3/c1-25-17-7-8-20(26-2)9-11-23(18(20)13-17)19(24)15-3-5-16(6-4-15)22-12-10-21-14-22/h3-6,10,12,14,17-18H,7-9,11,13H2,1-2H3/t17?,18?,20-/m1/s1. The van der Waals surface area contributed by atoms with Crippen molar-refractivity contribution in [2.24, 2.45) is 0 Å². The van der Waals surface area contributed by atoms with Crippen LogP contribution in [0.4, 0.5) is 0 Å². The molecule has 6 nitrogen and oxygen atoms in total. The van der Waals surface area contributed by atoms with Crippen LogP contribution in [0.15, 0.2) is 43.0 Å². The van der Waals surface area contributed by atoms with Crippen LogP contribution in [-0.2, 0) is 9.47 Å². The van der Waals surface area contributed by atoms with Crippen molar-refractivity contribution in [3.8, 4) is 5.69 Å². The van der Waals surface area contributed by atoms with Gasteiger partial charge < -0.3 is 18.9 Å². The summed E-state index contributed by atoms with van der Waals surface area (Å²) < 4.78 is 13.4. The molecule has 1 saturated carbocycles. The summed E-state index contributed by atoms with van der Waals surface area (Å²) in [4.78, 5) is 19.2. The number of hydrogen-bond acceptors (Lipinski definition) is 4. The summed E-state index contributed by atoms with van der Waals surface area (Å²) in [5.74, 6) is 0.0721. The van der Waals surface area contributed by atoms with Crippen molar-refractivity contribution in [3.05, 3.63) is 48.5 Å². The zero-order chi connectivity index (χ0) is 18.1. The Labute approximate surface area is 153 Å². The summed E-state index contributed by atoms with van der Waals surface area (Å²) >= 11 is 0. The van der Waals surface area contributed by atoms with E-state index >= 15 is 0 Å². The molecule has 2 aromatic rings. The molecule has 1 saturated heterocycles. The van der Waals surface area contributed by atoms with Gasteiger partial charge in [-0.25, -0.2) is 4.98 Å². The normalized spacial score (nSPS) is 28.2. The average Bonchev–Trinajstić information content (AvgIpc) is 3.35. The molecule has 2 unspecified atom stereocenters. The third-order valence-electron chi connectivity index (χ3n) is 6.05. The van der Waals surface area contributed by atoms with Crippen molar-refractivity contribution in [1.29, 1.82) is 0 Å². The Balaban J connectivity index is 1.55. The maximum Gasteiger partial charge on any atom is 0.254 e. The van der Waals surface area contributed by atoms with Crippen molar-refractivity contribution < 1.29 is 14.3 Å². The van der Waals surface area contributed by atoms with Crippen molar-refractivity contribution in [1.82, 2.24) is 14.5 Å². The third kappa shape index (κ3) is 2.83. The lowest BCUT2D eigenvalue weighted by atomic mass is 9.79. The minimum atomic E-state index is -0.221. The van der Waals surface area contributed by atoms with Crippen LogP contribution in [0, 0.1) is 0 Å². The number of nitrogens with zero attached hydrogens (tertiary/aromatic N) is 3. The predicted molar refractivity (Wildman–Crippen MR) is 97.4 cm³/mol. The van der Waals surface area contributed by atoms with E-state index in [1.165, 1.54) is 0 Å². The van der Waals surface area contributed by atoms with E-state index < -0.39 is 0 Å². The van der Waals surface area contributed by atoms with Crippen molar-refractivity contribution in [2.75, 3.05) is 20.8 Å². The van der Waals surface area contributed by atoms with Gasteiger partial charge in [-0.15, -0.1) is 0 Å². The monoisotopic (exact) mass is 355 g/mol. The van der Waals surface area contributed by atoms with Crippen molar-refractivity contribution in [3.63, 3.8) is 0 Å². The highest BCUT2D eigenvalue weighted by Gasteiger charge is 2.52. The van der Waals surface area contributed by atoms with Crippen molar-refractivity contribution >= 4 is 5.91 Å². The summed E-state index contributed by atoms with van der Waals surface area (Å²) in [6.45, 7) is 0.733. The Hall–Kier alpha value is -2.18. The van der Waals surface area contributed by atoms with Crippen LogP contribution >= 0.6 is 0 Å². The fourth-order valence-corrected chi connectivity index (χ4v) is 4.47. The van der Waals surface area contributed by atoms with Crippen LogP contribution in [0.1, 0.15) is 36.0 Å². The molecule has 1 aromatic carbocycles. The second kappa shape index (κ2) is 6.85. The molecule has 2 aliphatic rings. The molecule has 3 atom stereocenters. The molecule has 138 valence electrons. The number of methoxy groups -OCH3 is 2. The van der Waals surface area contributed by atoms with E-state index in [0.29, 0.717) is 5.56 Å². The molecule has 26 heavy (non-hydrogen) atoms.